The number of aryl methyl sites for hydroxylation is 1. The molecule has 0 aliphatic heterocycles. The van der Waals surface area contributed by atoms with E-state index in [1.807, 2.05) is 18.4 Å². The number of thiophene rings is 1. The molecule has 0 saturated carbocycles. The van der Waals surface area contributed by atoms with Crippen LogP contribution in [0.15, 0.2) is 23.4 Å². The zero-order chi connectivity index (χ0) is 25.7. The molecule has 11 heteroatoms. The van der Waals surface area contributed by atoms with Crippen molar-refractivity contribution in [2.75, 3.05) is 11.1 Å². The van der Waals surface area contributed by atoms with Crippen molar-refractivity contribution < 1.29 is 9.53 Å². The predicted octanol–water partition coefficient (Wildman–Crippen LogP) is 7.07. The van der Waals surface area contributed by atoms with Gasteiger partial charge in [-0.15, -0.1) is 21.5 Å². The molecule has 4 rings (SSSR count). The molecule has 0 spiro atoms. The van der Waals surface area contributed by atoms with E-state index in [0.717, 1.165) is 31.2 Å². The lowest BCUT2D eigenvalue weighted by Crippen LogP contribution is -2.15. The van der Waals surface area contributed by atoms with E-state index in [-0.39, 0.29) is 11.7 Å². The van der Waals surface area contributed by atoms with Gasteiger partial charge in [-0.1, -0.05) is 47.8 Å². The lowest BCUT2D eigenvalue weighted by molar-refractivity contribution is -0.113. The molecule has 3 aromatic rings. The van der Waals surface area contributed by atoms with Crippen LogP contribution in [-0.2, 0) is 24.2 Å². The minimum Gasteiger partial charge on any atom is -0.481 e. The minimum atomic E-state index is -0.430. The molecular weight excluding hydrogens is 537 g/mol. The summed E-state index contributed by atoms with van der Waals surface area (Å²) in [5, 5.41) is 23.6. The summed E-state index contributed by atoms with van der Waals surface area (Å²) in [5.41, 5.74) is 1.74. The Bertz CT molecular complexity index is 1280. The number of anilines is 1. The first kappa shape index (κ1) is 26.8. The highest BCUT2D eigenvalue weighted by Crippen LogP contribution is 2.37. The number of carbonyl (C=O) groups excluding carboxylic acids is 1. The Labute approximate surface area is 229 Å². The van der Waals surface area contributed by atoms with Crippen LogP contribution in [0.2, 0.25) is 10.0 Å². The number of hydrogen-bond acceptors (Lipinski definition) is 7. The van der Waals surface area contributed by atoms with Crippen LogP contribution in [0.25, 0.3) is 0 Å². The van der Waals surface area contributed by atoms with E-state index in [9.17, 15) is 10.1 Å². The monoisotopic (exact) mass is 563 g/mol. The Balaban J connectivity index is 1.42. The molecule has 36 heavy (non-hydrogen) atoms. The Hall–Kier alpha value is -2.25. The fraction of sp³-hybridized carbons (Fsp3) is 0.440. The van der Waals surface area contributed by atoms with Crippen LogP contribution in [0.5, 0.6) is 5.75 Å². The highest BCUT2D eigenvalue weighted by Gasteiger charge is 2.23. The molecular formula is C25H27Cl2N5O2S2. The van der Waals surface area contributed by atoms with Crippen molar-refractivity contribution in [1.29, 1.82) is 5.26 Å². The summed E-state index contributed by atoms with van der Waals surface area (Å²) in [7, 11) is 0. The fourth-order valence-corrected chi connectivity index (χ4v) is 6.62. The van der Waals surface area contributed by atoms with Crippen molar-refractivity contribution in [2.24, 2.45) is 0 Å². The SMILES string of the molecule is CCn1c(SCC(=O)Nc2sc3c(c2C#N)CCCCCC3)nnc1C(C)Oc1cc(Cl)ccc1Cl. The summed E-state index contributed by atoms with van der Waals surface area (Å²) >= 11 is 15.1. The van der Waals surface area contributed by atoms with Crippen molar-refractivity contribution in [3.8, 4) is 11.8 Å². The van der Waals surface area contributed by atoms with Crippen LogP contribution in [0.4, 0.5) is 5.00 Å². The Morgan fingerprint density at radius 2 is 2.06 bits per heavy atom. The molecule has 1 aliphatic carbocycles. The van der Waals surface area contributed by atoms with Gasteiger partial charge in [0.15, 0.2) is 17.1 Å². The smallest absolute Gasteiger partial charge is 0.235 e. The van der Waals surface area contributed by atoms with Gasteiger partial charge in [-0.25, -0.2) is 0 Å². The normalized spacial score (nSPS) is 14.3. The van der Waals surface area contributed by atoms with Crippen LogP contribution in [-0.4, -0.2) is 26.4 Å². The second-order valence-corrected chi connectivity index (χ2v) is 11.4. The molecule has 2 heterocycles. The molecule has 190 valence electrons. The number of benzene rings is 1. The van der Waals surface area contributed by atoms with Crippen molar-refractivity contribution >= 4 is 57.2 Å². The van der Waals surface area contributed by atoms with Gasteiger partial charge in [-0.3, -0.25) is 4.79 Å². The molecule has 2 aromatic heterocycles. The van der Waals surface area contributed by atoms with Crippen molar-refractivity contribution in [3.05, 3.63) is 50.1 Å². The van der Waals surface area contributed by atoms with E-state index >= 15 is 0 Å². The number of nitrogens with one attached hydrogen (secondary N) is 1. The van der Waals surface area contributed by atoms with E-state index in [1.165, 1.54) is 29.5 Å². The van der Waals surface area contributed by atoms with Gasteiger partial charge in [0.2, 0.25) is 5.91 Å². The average Bonchev–Trinajstić information content (AvgIpc) is 3.40. The molecule has 1 aliphatic rings. The number of nitriles is 1. The third-order valence-electron chi connectivity index (χ3n) is 5.99. The van der Waals surface area contributed by atoms with Gasteiger partial charge in [0.1, 0.15) is 16.8 Å². The zero-order valence-electron chi connectivity index (χ0n) is 20.1. The number of thioether (sulfide) groups is 1. The van der Waals surface area contributed by atoms with Crippen LogP contribution >= 0.6 is 46.3 Å². The Morgan fingerprint density at radius 3 is 2.81 bits per heavy atom. The average molecular weight is 565 g/mol. The van der Waals surface area contributed by atoms with Gasteiger partial charge >= 0.3 is 0 Å². The summed E-state index contributed by atoms with van der Waals surface area (Å²) in [6.45, 7) is 4.46. The number of aromatic nitrogens is 3. The summed E-state index contributed by atoms with van der Waals surface area (Å²) in [4.78, 5) is 14.0. The molecule has 1 atom stereocenters. The Kier molecular flexibility index (Phi) is 9.18. The topological polar surface area (TPSA) is 92.8 Å². The number of hydrogen-bond donors (Lipinski definition) is 1. The van der Waals surface area contributed by atoms with E-state index in [1.54, 1.807) is 29.5 Å². The van der Waals surface area contributed by atoms with Gasteiger partial charge in [0.05, 0.1) is 16.3 Å². The lowest BCUT2D eigenvalue weighted by atomic mass is 9.97. The van der Waals surface area contributed by atoms with Crippen molar-refractivity contribution in [3.63, 3.8) is 0 Å². The second-order valence-electron chi connectivity index (χ2n) is 8.49. The maximum Gasteiger partial charge on any atom is 0.235 e. The minimum absolute atomic E-state index is 0.154. The van der Waals surface area contributed by atoms with Crippen LogP contribution in [0.3, 0.4) is 0 Å². The second kappa shape index (κ2) is 12.3. The molecule has 1 unspecified atom stereocenters. The van der Waals surface area contributed by atoms with E-state index in [4.69, 9.17) is 27.9 Å². The fourth-order valence-electron chi connectivity index (χ4n) is 4.23. The van der Waals surface area contributed by atoms with Gasteiger partial charge in [-0.05, 0) is 57.2 Å². The molecule has 0 radical (unpaired) electrons. The van der Waals surface area contributed by atoms with Crippen molar-refractivity contribution in [1.82, 2.24) is 14.8 Å². The van der Waals surface area contributed by atoms with Gasteiger partial charge in [-0.2, -0.15) is 5.26 Å². The number of fused-ring (bicyclic) bond motifs is 1. The van der Waals surface area contributed by atoms with E-state index < -0.39 is 6.10 Å². The largest absolute Gasteiger partial charge is 0.481 e. The predicted molar refractivity (Wildman–Crippen MR) is 145 cm³/mol. The zero-order valence-corrected chi connectivity index (χ0v) is 23.3. The molecule has 7 nitrogen and oxygen atoms in total. The first-order chi connectivity index (χ1) is 17.4. The van der Waals surface area contributed by atoms with Crippen LogP contribution in [0, 0.1) is 11.3 Å². The maximum atomic E-state index is 12.8. The molecule has 1 N–H and O–H groups in total. The molecule has 1 aromatic carbocycles. The summed E-state index contributed by atoms with van der Waals surface area (Å²) < 4.78 is 7.91. The van der Waals surface area contributed by atoms with Crippen molar-refractivity contribution in [2.45, 2.75) is 70.2 Å². The standard InChI is InChI=1S/C25H27Cl2N5O2S2/c1-3-32-23(15(2)34-20-12-16(26)10-11-19(20)27)30-31-25(32)35-14-22(33)29-24-18(13-28)17-8-6-4-5-7-9-21(17)36-24/h10-12,15H,3-9,14H2,1-2H3,(H,29,33). The first-order valence-electron chi connectivity index (χ1n) is 11.9. The summed E-state index contributed by atoms with van der Waals surface area (Å²) in [6, 6.07) is 7.36. The highest BCUT2D eigenvalue weighted by atomic mass is 35.5. The first-order valence-corrected chi connectivity index (χ1v) is 14.5. The third-order valence-corrected chi connectivity index (χ3v) is 8.71. The summed E-state index contributed by atoms with van der Waals surface area (Å²) in [6.07, 6.45) is 6.07. The van der Waals surface area contributed by atoms with Crippen LogP contribution in [0.1, 0.15) is 67.5 Å². The highest BCUT2D eigenvalue weighted by molar-refractivity contribution is 7.99. The van der Waals surface area contributed by atoms with Gasteiger partial charge in [0.25, 0.3) is 0 Å². The van der Waals surface area contributed by atoms with Crippen LogP contribution < -0.4 is 10.1 Å². The number of rotatable bonds is 8. The number of halogens is 2. The number of carbonyl (C=O) groups is 1. The molecule has 1 amide bonds. The number of amides is 1. The molecule has 0 bridgehead atoms. The summed E-state index contributed by atoms with van der Waals surface area (Å²) in [5.74, 6) is 1.07. The third kappa shape index (κ3) is 6.17. The Morgan fingerprint density at radius 1 is 1.28 bits per heavy atom. The van der Waals surface area contributed by atoms with Gasteiger partial charge in [0, 0.05) is 22.5 Å². The van der Waals surface area contributed by atoms with E-state index in [0.29, 0.717) is 43.9 Å². The lowest BCUT2D eigenvalue weighted by Gasteiger charge is -2.16. The molecule has 0 fully saturated rings. The molecule has 0 saturated heterocycles. The quantitative estimate of drug-likeness (QED) is 0.294. The van der Waals surface area contributed by atoms with E-state index in [2.05, 4.69) is 21.6 Å². The van der Waals surface area contributed by atoms with Gasteiger partial charge < -0.3 is 14.6 Å². The number of nitrogens with zero attached hydrogens (tertiary/aromatic N) is 4. The number of ether oxygens (including phenoxy) is 1. The maximum absolute atomic E-state index is 12.8.